The maximum absolute atomic E-state index is 12.8. The summed E-state index contributed by atoms with van der Waals surface area (Å²) in [5.74, 6) is 0.755. The van der Waals surface area contributed by atoms with Crippen LogP contribution in [0.1, 0.15) is 21.5 Å². The molecule has 0 aliphatic heterocycles. The minimum Gasteiger partial charge on any atom is -0.487 e. The first-order valence-electron chi connectivity index (χ1n) is 9.73. The number of ether oxygens (including phenoxy) is 1. The summed E-state index contributed by atoms with van der Waals surface area (Å²) < 4.78 is 8.16. The highest BCUT2D eigenvalue weighted by Crippen LogP contribution is 2.25. The fourth-order valence-electron chi connectivity index (χ4n) is 3.07. The number of nitrogens with zero attached hydrogens (tertiary/aromatic N) is 2. The lowest BCUT2D eigenvalue weighted by Gasteiger charge is -2.09. The van der Waals surface area contributed by atoms with Crippen molar-refractivity contribution in [3.63, 3.8) is 0 Å². The Bertz CT molecular complexity index is 1260. The van der Waals surface area contributed by atoms with Crippen molar-refractivity contribution >= 4 is 50.9 Å². The van der Waals surface area contributed by atoms with Gasteiger partial charge >= 0.3 is 0 Å². The van der Waals surface area contributed by atoms with E-state index in [0.29, 0.717) is 44.8 Å². The molecule has 4 aromatic rings. The third kappa shape index (κ3) is 5.51. The highest BCUT2D eigenvalue weighted by molar-refractivity contribution is 9.10. The third-order valence-electron chi connectivity index (χ3n) is 4.66. The Morgan fingerprint density at radius 2 is 1.75 bits per heavy atom. The number of aromatic nitrogens is 2. The zero-order valence-electron chi connectivity index (χ0n) is 16.8. The van der Waals surface area contributed by atoms with Crippen LogP contribution in [0.4, 0.5) is 5.82 Å². The second-order valence-electron chi connectivity index (χ2n) is 6.99. The van der Waals surface area contributed by atoms with Crippen molar-refractivity contribution in [3.05, 3.63) is 110 Å². The SMILES string of the molecule is O=C(Nc1nn(Cc2ccccc2Cl)cc1Br)c1cccc(COc2ccccc2Cl)c1. The van der Waals surface area contributed by atoms with E-state index in [1.165, 1.54) is 0 Å². The van der Waals surface area contributed by atoms with E-state index in [2.05, 4.69) is 26.3 Å². The van der Waals surface area contributed by atoms with Crippen molar-refractivity contribution in [2.75, 3.05) is 5.32 Å². The van der Waals surface area contributed by atoms with E-state index in [-0.39, 0.29) is 5.91 Å². The number of nitrogens with one attached hydrogen (secondary N) is 1. The number of halogens is 3. The van der Waals surface area contributed by atoms with Crippen molar-refractivity contribution in [3.8, 4) is 5.75 Å². The van der Waals surface area contributed by atoms with Crippen LogP contribution >= 0.6 is 39.1 Å². The topological polar surface area (TPSA) is 56.2 Å². The molecule has 162 valence electrons. The van der Waals surface area contributed by atoms with Gasteiger partial charge < -0.3 is 10.1 Å². The highest BCUT2D eigenvalue weighted by Gasteiger charge is 2.13. The fourth-order valence-corrected chi connectivity index (χ4v) is 3.87. The predicted molar refractivity (Wildman–Crippen MR) is 131 cm³/mol. The van der Waals surface area contributed by atoms with Crippen molar-refractivity contribution in [2.24, 2.45) is 0 Å². The van der Waals surface area contributed by atoms with Gasteiger partial charge in [0.1, 0.15) is 12.4 Å². The Hall–Kier alpha value is -2.80. The first-order chi connectivity index (χ1) is 15.5. The molecule has 0 radical (unpaired) electrons. The van der Waals surface area contributed by atoms with E-state index in [1.54, 1.807) is 35.1 Å². The van der Waals surface area contributed by atoms with Crippen molar-refractivity contribution < 1.29 is 9.53 Å². The molecule has 4 rings (SSSR count). The van der Waals surface area contributed by atoms with Gasteiger partial charge in [0.05, 0.1) is 16.0 Å². The van der Waals surface area contributed by atoms with Gasteiger partial charge in [-0.1, -0.05) is 65.7 Å². The van der Waals surface area contributed by atoms with Gasteiger partial charge in [0.15, 0.2) is 5.82 Å². The second-order valence-corrected chi connectivity index (χ2v) is 8.66. The second kappa shape index (κ2) is 10.2. The Kier molecular flexibility index (Phi) is 7.15. The predicted octanol–water partition coefficient (Wildman–Crippen LogP) is 6.83. The molecule has 0 saturated heterocycles. The minimum absolute atomic E-state index is 0.270. The zero-order chi connectivity index (χ0) is 22.5. The molecule has 0 aliphatic carbocycles. The Balaban J connectivity index is 1.43. The summed E-state index contributed by atoms with van der Waals surface area (Å²) in [6, 6.07) is 22.1. The van der Waals surface area contributed by atoms with Crippen molar-refractivity contribution in [2.45, 2.75) is 13.2 Å². The maximum atomic E-state index is 12.8. The maximum Gasteiger partial charge on any atom is 0.256 e. The monoisotopic (exact) mass is 529 g/mol. The Morgan fingerprint density at radius 3 is 2.53 bits per heavy atom. The van der Waals surface area contributed by atoms with Crippen LogP contribution in [0.25, 0.3) is 0 Å². The normalized spacial score (nSPS) is 10.7. The van der Waals surface area contributed by atoms with Gasteiger partial charge in [-0.25, -0.2) is 0 Å². The lowest BCUT2D eigenvalue weighted by molar-refractivity contribution is 0.102. The number of carbonyl (C=O) groups is 1. The van der Waals surface area contributed by atoms with Crippen LogP contribution in [0.3, 0.4) is 0 Å². The number of carbonyl (C=O) groups excluding carboxylic acids is 1. The molecule has 0 aliphatic rings. The van der Waals surface area contributed by atoms with Crippen LogP contribution in [0.5, 0.6) is 5.75 Å². The van der Waals surface area contributed by atoms with E-state index in [4.69, 9.17) is 27.9 Å². The first kappa shape index (κ1) is 22.4. The lowest BCUT2D eigenvalue weighted by atomic mass is 10.1. The number of hydrogen-bond acceptors (Lipinski definition) is 3. The number of para-hydroxylation sites is 1. The molecule has 8 heteroatoms. The molecule has 1 aromatic heterocycles. The molecule has 1 heterocycles. The number of rotatable bonds is 7. The van der Waals surface area contributed by atoms with Gasteiger partial charge in [-0.2, -0.15) is 5.10 Å². The molecule has 1 amide bonds. The minimum atomic E-state index is -0.270. The zero-order valence-corrected chi connectivity index (χ0v) is 19.9. The van der Waals surface area contributed by atoms with E-state index >= 15 is 0 Å². The van der Waals surface area contributed by atoms with Crippen molar-refractivity contribution in [1.29, 1.82) is 0 Å². The molecule has 1 N–H and O–H groups in total. The molecule has 0 bridgehead atoms. The average molecular weight is 531 g/mol. The first-order valence-corrected chi connectivity index (χ1v) is 11.3. The largest absolute Gasteiger partial charge is 0.487 e. The van der Waals surface area contributed by atoms with E-state index in [1.807, 2.05) is 48.5 Å². The molecule has 5 nitrogen and oxygen atoms in total. The van der Waals surface area contributed by atoms with Crippen LogP contribution in [0.15, 0.2) is 83.5 Å². The van der Waals surface area contributed by atoms with E-state index in [0.717, 1.165) is 11.1 Å². The molecule has 32 heavy (non-hydrogen) atoms. The van der Waals surface area contributed by atoms with Gasteiger partial charge in [-0.3, -0.25) is 9.48 Å². The summed E-state index contributed by atoms with van der Waals surface area (Å²) in [4.78, 5) is 12.8. The molecule has 0 unspecified atom stereocenters. The summed E-state index contributed by atoms with van der Waals surface area (Å²) in [6.07, 6.45) is 1.80. The fraction of sp³-hybridized carbons (Fsp3) is 0.0833. The number of hydrogen-bond donors (Lipinski definition) is 1. The molecular weight excluding hydrogens is 513 g/mol. The standard InChI is InChI=1S/C24H18BrCl2N3O2/c25-19-14-30(13-18-7-1-2-9-20(18)26)29-23(19)28-24(31)17-8-5-6-16(12-17)15-32-22-11-4-3-10-21(22)27/h1-12,14H,13,15H2,(H,28,29,31). The molecular formula is C24H18BrCl2N3O2. The summed E-state index contributed by atoms with van der Waals surface area (Å²) in [6.45, 7) is 0.782. The van der Waals surface area contributed by atoms with E-state index in [9.17, 15) is 4.79 Å². The van der Waals surface area contributed by atoms with Crippen LogP contribution < -0.4 is 10.1 Å². The third-order valence-corrected chi connectivity index (χ3v) is 5.92. The smallest absolute Gasteiger partial charge is 0.256 e. The molecule has 3 aromatic carbocycles. The van der Waals surface area contributed by atoms with Crippen LogP contribution in [0, 0.1) is 0 Å². The van der Waals surface area contributed by atoms with Gasteiger partial charge in [0.25, 0.3) is 5.91 Å². The molecule has 0 fully saturated rings. The van der Waals surface area contributed by atoms with Crippen molar-refractivity contribution in [1.82, 2.24) is 9.78 Å². The number of benzene rings is 3. The summed E-state index contributed by atoms with van der Waals surface area (Å²) in [5, 5.41) is 8.51. The van der Waals surface area contributed by atoms with Crippen LogP contribution in [0.2, 0.25) is 10.0 Å². The molecule has 0 spiro atoms. The number of amides is 1. The Labute approximate surface area is 204 Å². The van der Waals surface area contributed by atoms with Gasteiger partial charge in [-0.05, 0) is 57.4 Å². The van der Waals surface area contributed by atoms with Crippen LogP contribution in [-0.2, 0) is 13.2 Å². The summed E-state index contributed by atoms with van der Waals surface area (Å²) in [7, 11) is 0. The van der Waals surface area contributed by atoms with Crippen LogP contribution in [-0.4, -0.2) is 15.7 Å². The number of anilines is 1. The quantitative estimate of drug-likeness (QED) is 0.285. The molecule has 0 saturated carbocycles. The molecule has 0 atom stereocenters. The lowest BCUT2D eigenvalue weighted by Crippen LogP contribution is -2.13. The highest BCUT2D eigenvalue weighted by atomic mass is 79.9. The van der Waals surface area contributed by atoms with Gasteiger partial charge in [-0.15, -0.1) is 0 Å². The Morgan fingerprint density at radius 1 is 1.00 bits per heavy atom. The average Bonchev–Trinajstić information content (AvgIpc) is 3.13. The van der Waals surface area contributed by atoms with E-state index < -0.39 is 0 Å². The summed E-state index contributed by atoms with van der Waals surface area (Å²) >= 11 is 15.8. The summed E-state index contributed by atoms with van der Waals surface area (Å²) in [5.41, 5.74) is 2.28. The van der Waals surface area contributed by atoms with Gasteiger partial charge in [0, 0.05) is 16.8 Å². The van der Waals surface area contributed by atoms with Gasteiger partial charge in [0.2, 0.25) is 0 Å².